The van der Waals surface area contributed by atoms with Crippen molar-refractivity contribution in [2.45, 2.75) is 50.9 Å². The van der Waals surface area contributed by atoms with Gasteiger partial charge in [-0.05, 0) is 60.9 Å². The van der Waals surface area contributed by atoms with Crippen LogP contribution >= 0.6 is 0 Å². The summed E-state index contributed by atoms with van der Waals surface area (Å²) < 4.78 is 38.0. The number of sulfonamides is 1. The van der Waals surface area contributed by atoms with Gasteiger partial charge in [0.05, 0.1) is 30.3 Å². The molecule has 1 N–H and O–H groups in total. The van der Waals surface area contributed by atoms with E-state index in [0.717, 1.165) is 43.3 Å². The van der Waals surface area contributed by atoms with E-state index in [1.54, 1.807) is 18.3 Å². The van der Waals surface area contributed by atoms with Crippen LogP contribution in [0.15, 0.2) is 72.9 Å². The Bertz CT molecular complexity index is 1140. The molecule has 0 spiro atoms. The number of aromatic nitrogens is 1. The zero-order valence-corrected chi connectivity index (χ0v) is 19.6. The fourth-order valence-corrected chi connectivity index (χ4v) is 4.85. The van der Waals surface area contributed by atoms with Crippen molar-refractivity contribution in [3.8, 4) is 5.75 Å². The van der Waals surface area contributed by atoms with Crippen molar-refractivity contribution in [2.75, 3.05) is 11.0 Å². The van der Waals surface area contributed by atoms with E-state index in [4.69, 9.17) is 9.47 Å². The molecule has 4 rings (SSSR count). The summed E-state index contributed by atoms with van der Waals surface area (Å²) in [5.41, 5.74) is 3.49. The van der Waals surface area contributed by atoms with Gasteiger partial charge in [-0.15, -0.1) is 0 Å². The van der Waals surface area contributed by atoms with Crippen LogP contribution in [0.4, 0.5) is 5.69 Å². The Labute approximate surface area is 196 Å². The molecule has 0 saturated heterocycles. The molecule has 0 atom stereocenters. The molecule has 1 aliphatic rings. The standard InChI is InChI=1S/C26H30N2O4S/c1-33(29,30)28-24-11-7-17-27-25(24)19-31-22-15-13-21(14-16-22)23-10-5-6-12-26(23)32-18-20-8-3-2-4-9-20/h2-12,17,21-22,28H,13-16,18-19H2,1H3. The molecule has 3 aromatic rings. The van der Waals surface area contributed by atoms with E-state index in [1.807, 2.05) is 24.3 Å². The lowest BCUT2D eigenvalue weighted by atomic mass is 9.82. The second-order valence-corrected chi connectivity index (χ2v) is 10.2. The highest BCUT2D eigenvalue weighted by Crippen LogP contribution is 2.38. The topological polar surface area (TPSA) is 77.5 Å². The molecule has 1 heterocycles. The predicted octanol–water partition coefficient (Wildman–Crippen LogP) is 5.28. The first-order valence-electron chi connectivity index (χ1n) is 11.3. The minimum atomic E-state index is -3.36. The van der Waals surface area contributed by atoms with Gasteiger partial charge < -0.3 is 9.47 Å². The number of ether oxygens (including phenoxy) is 2. The summed E-state index contributed by atoms with van der Waals surface area (Å²) >= 11 is 0. The summed E-state index contributed by atoms with van der Waals surface area (Å²) in [5, 5.41) is 0. The quantitative estimate of drug-likeness (QED) is 0.465. The summed E-state index contributed by atoms with van der Waals surface area (Å²) in [6.07, 6.45) is 6.84. The van der Waals surface area contributed by atoms with E-state index < -0.39 is 10.0 Å². The fourth-order valence-electron chi connectivity index (χ4n) is 4.27. The molecule has 2 aromatic carbocycles. The summed E-state index contributed by atoms with van der Waals surface area (Å²) in [6, 6.07) is 21.9. The molecular weight excluding hydrogens is 436 g/mol. The number of pyridine rings is 1. The van der Waals surface area contributed by atoms with Crippen LogP contribution in [0, 0.1) is 0 Å². The van der Waals surface area contributed by atoms with Crippen LogP contribution in [0.2, 0.25) is 0 Å². The van der Waals surface area contributed by atoms with Gasteiger partial charge in [-0.2, -0.15) is 0 Å². The highest BCUT2D eigenvalue weighted by Gasteiger charge is 2.25. The third kappa shape index (κ3) is 6.79. The molecule has 1 fully saturated rings. The average Bonchev–Trinajstić information content (AvgIpc) is 2.82. The first-order chi connectivity index (χ1) is 16.0. The molecule has 0 amide bonds. The van der Waals surface area contributed by atoms with Gasteiger partial charge in [0, 0.05) is 6.20 Å². The molecule has 7 heteroatoms. The third-order valence-corrected chi connectivity index (χ3v) is 6.50. The van der Waals surface area contributed by atoms with E-state index in [1.165, 1.54) is 5.56 Å². The van der Waals surface area contributed by atoms with E-state index >= 15 is 0 Å². The first-order valence-corrected chi connectivity index (χ1v) is 13.2. The number of anilines is 1. The van der Waals surface area contributed by atoms with Crippen LogP contribution in [0.1, 0.15) is 48.4 Å². The summed E-state index contributed by atoms with van der Waals surface area (Å²) in [6.45, 7) is 0.842. The molecule has 1 aliphatic carbocycles. The maximum absolute atomic E-state index is 11.6. The SMILES string of the molecule is CS(=O)(=O)Nc1cccnc1COC1CCC(c2ccccc2OCc2ccccc2)CC1. The summed E-state index contributed by atoms with van der Waals surface area (Å²) in [4.78, 5) is 4.30. The van der Waals surface area contributed by atoms with Gasteiger partial charge >= 0.3 is 0 Å². The molecule has 1 aromatic heterocycles. The first kappa shape index (κ1) is 23.3. The van der Waals surface area contributed by atoms with Gasteiger partial charge in [0.15, 0.2) is 0 Å². The molecule has 0 aliphatic heterocycles. The second kappa shape index (κ2) is 10.8. The number of benzene rings is 2. The van der Waals surface area contributed by atoms with Crippen molar-refractivity contribution < 1.29 is 17.9 Å². The number of hydrogen-bond donors (Lipinski definition) is 1. The largest absolute Gasteiger partial charge is 0.489 e. The predicted molar refractivity (Wildman–Crippen MR) is 130 cm³/mol. The van der Waals surface area contributed by atoms with Gasteiger partial charge in [-0.3, -0.25) is 9.71 Å². The van der Waals surface area contributed by atoms with Crippen molar-refractivity contribution in [1.82, 2.24) is 4.98 Å². The Morgan fingerprint density at radius 1 is 0.909 bits per heavy atom. The third-order valence-electron chi connectivity index (χ3n) is 5.91. The van der Waals surface area contributed by atoms with E-state index in [-0.39, 0.29) is 12.7 Å². The van der Waals surface area contributed by atoms with Crippen molar-refractivity contribution in [3.63, 3.8) is 0 Å². The molecule has 6 nitrogen and oxygen atoms in total. The lowest BCUT2D eigenvalue weighted by molar-refractivity contribution is 0.0119. The Hall–Kier alpha value is -2.90. The maximum Gasteiger partial charge on any atom is 0.229 e. The Balaban J connectivity index is 1.32. The zero-order valence-electron chi connectivity index (χ0n) is 18.8. The molecular formula is C26H30N2O4S. The number of hydrogen-bond acceptors (Lipinski definition) is 5. The van der Waals surface area contributed by atoms with Crippen LogP contribution in [0.5, 0.6) is 5.75 Å². The number of nitrogens with zero attached hydrogens (tertiary/aromatic N) is 1. The summed E-state index contributed by atoms with van der Waals surface area (Å²) in [7, 11) is -3.36. The molecule has 174 valence electrons. The van der Waals surface area contributed by atoms with Crippen molar-refractivity contribution in [1.29, 1.82) is 0 Å². The Morgan fingerprint density at radius 2 is 1.64 bits per heavy atom. The van der Waals surface area contributed by atoms with E-state index in [0.29, 0.717) is 23.9 Å². The monoisotopic (exact) mass is 466 g/mol. The van der Waals surface area contributed by atoms with Crippen LogP contribution < -0.4 is 9.46 Å². The second-order valence-electron chi connectivity index (χ2n) is 8.47. The van der Waals surface area contributed by atoms with Gasteiger partial charge in [0.25, 0.3) is 0 Å². The minimum Gasteiger partial charge on any atom is -0.489 e. The van der Waals surface area contributed by atoms with E-state index in [2.05, 4.69) is 40.0 Å². The highest BCUT2D eigenvalue weighted by molar-refractivity contribution is 7.92. The molecule has 0 radical (unpaired) electrons. The van der Waals surface area contributed by atoms with Crippen molar-refractivity contribution in [2.24, 2.45) is 0 Å². The minimum absolute atomic E-state index is 0.131. The van der Waals surface area contributed by atoms with Gasteiger partial charge in [-0.25, -0.2) is 8.42 Å². The van der Waals surface area contributed by atoms with Crippen molar-refractivity contribution >= 4 is 15.7 Å². The highest BCUT2D eigenvalue weighted by atomic mass is 32.2. The smallest absolute Gasteiger partial charge is 0.229 e. The van der Waals surface area contributed by atoms with Crippen LogP contribution in [-0.2, 0) is 28.0 Å². The molecule has 33 heavy (non-hydrogen) atoms. The Kier molecular flexibility index (Phi) is 7.62. The van der Waals surface area contributed by atoms with E-state index in [9.17, 15) is 8.42 Å². The van der Waals surface area contributed by atoms with Crippen LogP contribution in [0.25, 0.3) is 0 Å². The number of para-hydroxylation sites is 1. The van der Waals surface area contributed by atoms with Crippen LogP contribution in [-0.4, -0.2) is 25.8 Å². The average molecular weight is 467 g/mol. The molecule has 1 saturated carbocycles. The zero-order chi connectivity index (χ0) is 23.1. The van der Waals surface area contributed by atoms with Gasteiger partial charge in [-0.1, -0.05) is 48.5 Å². The number of rotatable bonds is 9. The van der Waals surface area contributed by atoms with Crippen molar-refractivity contribution in [3.05, 3.63) is 89.7 Å². The molecule has 0 bridgehead atoms. The fraction of sp³-hybridized carbons (Fsp3) is 0.346. The number of nitrogens with one attached hydrogen (secondary N) is 1. The van der Waals surface area contributed by atoms with Gasteiger partial charge in [0.2, 0.25) is 10.0 Å². The molecule has 0 unspecified atom stereocenters. The summed E-state index contributed by atoms with van der Waals surface area (Å²) in [5.74, 6) is 1.39. The van der Waals surface area contributed by atoms with Crippen LogP contribution in [0.3, 0.4) is 0 Å². The van der Waals surface area contributed by atoms with Gasteiger partial charge in [0.1, 0.15) is 12.4 Å². The lowest BCUT2D eigenvalue weighted by Crippen LogP contribution is -2.22. The maximum atomic E-state index is 11.6. The Morgan fingerprint density at radius 3 is 2.39 bits per heavy atom. The normalized spacial score (nSPS) is 18.6. The lowest BCUT2D eigenvalue weighted by Gasteiger charge is -2.30.